The van der Waals surface area contributed by atoms with E-state index in [1.54, 1.807) is 30.3 Å². The Bertz CT molecular complexity index is 914. The highest BCUT2D eigenvalue weighted by Gasteiger charge is 2.08. The number of unbranched alkanes of at least 4 members (excludes halogenated alkanes) is 15. The molecule has 1 N–H and O–H groups in total. The molecule has 0 aliphatic heterocycles. The first-order chi connectivity index (χ1) is 17.7. The molecule has 2 aromatic rings. The van der Waals surface area contributed by atoms with Crippen molar-refractivity contribution in [3.05, 3.63) is 53.6 Å². The maximum absolute atomic E-state index is 11.0. The van der Waals surface area contributed by atoms with Crippen LogP contribution in [-0.4, -0.2) is 17.7 Å². The molecular weight excluding hydrogens is 446 g/mol. The van der Waals surface area contributed by atoms with Crippen LogP contribution in [0.5, 0.6) is 5.75 Å². The van der Waals surface area contributed by atoms with Crippen LogP contribution in [0.25, 0.3) is 11.1 Å². The lowest BCUT2D eigenvalue weighted by molar-refractivity contribution is 0.0697. The van der Waals surface area contributed by atoms with Crippen molar-refractivity contribution in [1.82, 2.24) is 0 Å². The van der Waals surface area contributed by atoms with Gasteiger partial charge in [0.1, 0.15) is 11.8 Å². The zero-order valence-electron chi connectivity index (χ0n) is 22.3. The number of hydrogen-bond acceptors (Lipinski definition) is 3. The zero-order valence-corrected chi connectivity index (χ0v) is 22.3. The van der Waals surface area contributed by atoms with Crippen molar-refractivity contribution in [1.29, 1.82) is 5.26 Å². The summed E-state index contributed by atoms with van der Waals surface area (Å²) in [6, 6.07) is 14.5. The molecule has 0 fully saturated rings. The molecule has 0 aliphatic rings. The molecule has 2 aromatic carbocycles. The number of carbonyl (C=O) groups is 1. The second-order valence-electron chi connectivity index (χ2n) is 9.86. The minimum atomic E-state index is -0.947. The summed E-state index contributed by atoms with van der Waals surface area (Å²) >= 11 is 0. The van der Waals surface area contributed by atoms with Crippen LogP contribution >= 0.6 is 0 Å². The van der Waals surface area contributed by atoms with Crippen molar-refractivity contribution < 1.29 is 14.6 Å². The number of ether oxygens (including phenoxy) is 1. The van der Waals surface area contributed by atoms with E-state index < -0.39 is 5.97 Å². The summed E-state index contributed by atoms with van der Waals surface area (Å²) in [4.78, 5) is 11.0. The third kappa shape index (κ3) is 11.8. The summed E-state index contributed by atoms with van der Waals surface area (Å²) < 4.78 is 5.89. The summed E-state index contributed by atoms with van der Waals surface area (Å²) in [7, 11) is 0. The number of aromatic carboxylic acids is 1. The van der Waals surface area contributed by atoms with Crippen molar-refractivity contribution in [2.24, 2.45) is 0 Å². The van der Waals surface area contributed by atoms with Gasteiger partial charge in [0.2, 0.25) is 0 Å². The molecule has 0 amide bonds. The number of rotatable bonds is 20. The van der Waals surface area contributed by atoms with Gasteiger partial charge in [-0.1, -0.05) is 121 Å². The number of carboxylic acid groups (broad SMARTS) is 1. The van der Waals surface area contributed by atoms with Crippen LogP contribution in [-0.2, 0) is 0 Å². The summed E-state index contributed by atoms with van der Waals surface area (Å²) in [5.74, 6) is -0.332. The predicted octanol–water partition coefficient (Wildman–Crippen LogP) is 9.56. The first-order valence-electron chi connectivity index (χ1n) is 14.2. The van der Waals surface area contributed by atoms with E-state index >= 15 is 0 Å². The Kier molecular flexibility index (Phi) is 15.1. The fourth-order valence-electron chi connectivity index (χ4n) is 4.56. The molecule has 0 saturated carbocycles. The molecule has 0 atom stereocenters. The topological polar surface area (TPSA) is 70.3 Å². The molecule has 0 saturated heterocycles. The van der Waals surface area contributed by atoms with E-state index in [0.29, 0.717) is 17.9 Å². The predicted molar refractivity (Wildman–Crippen MR) is 149 cm³/mol. The number of carboxylic acids is 1. The highest BCUT2D eigenvalue weighted by Crippen LogP contribution is 2.27. The molecule has 0 spiro atoms. The van der Waals surface area contributed by atoms with Crippen LogP contribution in [0.4, 0.5) is 0 Å². The van der Waals surface area contributed by atoms with Crippen LogP contribution in [0.15, 0.2) is 42.5 Å². The van der Waals surface area contributed by atoms with Crippen LogP contribution in [0.2, 0.25) is 0 Å². The van der Waals surface area contributed by atoms with Gasteiger partial charge >= 0.3 is 5.97 Å². The lowest BCUT2D eigenvalue weighted by Gasteiger charge is -2.10. The Morgan fingerprint density at radius 2 is 1.19 bits per heavy atom. The molecule has 0 radical (unpaired) electrons. The Labute approximate surface area is 218 Å². The summed E-state index contributed by atoms with van der Waals surface area (Å²) in [6.45, 7) is 2.90. The minimum absolute atomic E-state index is 0.248. The minimum Gasteiger partial charge on any atom is -0.492 e. The highest BCUT2D eigenvalue weighted by molar-refractivity contribution is 5.88. The van der Waals surface area contributed by atoms with Crippen LogP contribution in [0, 0.1) is 11.3 Å². The summed E-state index contributed by atoms with van der Waals surface area (Å²) in [6.07, 6.45) is 21.5. The zero-order chi connectivity index (χ0) is 25.8. The number of benzene rings is 2. The van der Waals surface area contributed by atoms with Crippen LogP contribution < -0.4 is 4.74 Å². The monoisotopic (exact) mass is 491 g/mol. The standard InChI is InChI=1S/C32H45NO3/c1-2-3-4-5-6-7-8-9-10-11-12-13-14-15-16-17-24-36-31-23-22-29(25-30(31)26-33)27-18-20-28(21-19-27)32(34)35/h18-23,25H,2-17,24H2,1H3,(H,34,35). The van der Waals surface area contributed by atoms with Gasteiger partial charge in [0.05, 0.1) is 17.7 Å². The van der Waals surface area contributed by atoms with Crippen LogP contribution in [0.3, 0.4) is 0 Å². The largest absolute Gasteiger partial charge is 0.492 e. The smallest absolute Gasteiger partial charge is 0.335 e. The fraction of sp³-hybridized carbons (Fsp3) is 0.562. The Morgan fingerprint density at radius 1 is 0.722 bits per heavy atom. The average Bonchev–Trinajstić information content (AvgIpc) is 2.90. The molecule has 0 bridgehead atoms. The van der Waals surface area contributed by atoms with E-state index in [-0.39, 0.29) is 5.56 Å². The van der Waals surface area contributed by atoms with Gasteiger partial charge in [-0.2, -0.15) is 5.26 Å². The van der Waals surface area contributed by atoms with E-state index in [4.69, 9.17) is 9.84 Å². The molecular formula is C32H45NO3. The van der Waals surface area contributed by atoms with Crippen molar-refractivity contribution in [3.8, 4) is 22.9 Å². The molecule has 0 aromatic heterocycles. The molecule has 0 heterocycles. The third-order valence-electron chi connectivity index (χ3n) is 6.82. The molecule has 0 unspecified atom stereocenters. The molecule has 2 rings (SSSR count). The second kappa shape index (κ2) is 18.5. The quantitative estimate of drug-likeness (QED) is 0.187. The van der Waals surface area contributed by atoms with Gasteiger partial charge in [-0.05, 0) is 41.8 Å². The third-order valence-corrected chi connectivity index (χ3v) is 6.82. The van der Waals surface area contributed by atoms with Crippen molar-refractivity contribution >= 4 is 5.97 Å². The summed E-state index contributed by atoms with van der Waals surface area (Å²) in [5, 5.41) is 18.6. The maximum Gasteiger partial charge on any atom is 0.335 e. The first-order valence-corrected chi connectivity index (χ1v) is 14.2. The Hall–Kier alpha value is -2.80. The lowest BCUT2D eigenvalue weighted by atomic mass is 10.0. The van der Waals surface area contributed by atoms with E-state index in [2.05, 4.69) is 13.0 Å². The van der Waals surface area contributed by atoms with E-state index in [1.807, 2.05) is 12.1 Å². The van der Waals surface area contributed by atoms with Gasteiger partial charge in [0, 0.05) is 0 Å². The van der Waals surface area contributed by atoms with Gasteiger partial charge < -0.3 is 9.84 Å². The van der Waals surface area contributed by atoms with E-state index in [1.165, 1.54) is 89.9 Å². The summed E-state index contributed by atoms with van der Waals surface area (Å²) in [5.41, 5.74) is 2.50. The van der Waals surface area contributed by atoms with Gasteiger partial charge in [0.25, 0.3) is 0 Å². The van der Waals surface area contributed by atoms with Gasteiger partial charge in [0.15, 0.2) is 0 Å². The highest BCUT2D eigenvalue weighted by atomic mass is 16.5. The Balaban J connectivity index is 1.52. The maximum atomic E-state index is 11.0. The second-order valence-corrected chi connectivity index (χ2v) is 9.86. The lowest BCUT2D eigenvalue weighted by Crippen LogP contribution is -1.99. The van der Waals surface area contributed by atoms with Gasteiger partial charge in [-0.3, -0.25) is 0 Å². The normalized spacial score (nSPS) is 10.8. The Morgan fingerprint density at radius 3 is 1.67 bits per heavy atom. The molecule has 4 heteroatoms. The van der Waals surface area contributed by atoms with E-state index in [9.17, 15) is 10.1 Å². The molecule has 0 aliphatic carbocycles. The van der Waals surface area contributed by atoms with E-state index in [0.717, 1.165) is 24.0 Å². The van der Waals surface area contributed by atoms with Gasteiger partial charge in [-0.15, -0.1) is 0 Å². The molecule has 196 valence electrons. The number of nitriles is 1. The van der Waals surface area contributed by atoms with Crippen molar-refractivity contribution in [2.75, 3.05) is 6.61 Å². The van der Waals surface area contributed by atoms with Crippen molar-refractivity contribution in [3.63, 3.8) is 0 Å². The molecule has 4 nitrogen and oxygen atoms in total. The average molecular weight is 492 g/mol. The van der Waals surface area contributed by atoms with Gasteiger partial charge in [-0.25, -0.2) is 4.79 Å². The van der Waals surface area contributed by atoms with Crippen molar-refractivity contribution in [2.45, 2.75) is 110 Å². The van der Waals surface area contributed by atoms with Crippen LogP contribution in [0.1, 0.15) is 126 Å². The molecule has 36 heavy (non-hydrogen) atoms. The number of hydrogen-bond donors (Lipinski definition) is 1. The number of nitrogens with zero attached hydrogens (tertiary/aromatic N) is 1. The first kappa shape index (κ1) is 29.4. The fourth-order valence-corrected chi connectivity index (χ4v) is 4.56. The SMILES string of the molecule is CCCCCCCCCCCCCCCCCCOc1ccc(-c2ccc(C(=O)O)cc2)cc1C#N.